The van der Waals surface area contributed by atoms with Crippen molar-refractivity contribution in [3.8, 4) is 5.88 Å². The van der Waals surface area contributed by atoms with Crippen LogP contribution in [0.3, 0.4) is 0 Å². The van der Waals surface area contributed by atoms with E-state index in [9.17, 15) is 18.4 Å². The van der Waals surface area contributed by atoms with Crippen LogP contribution in [0.2, 0.25) is 0 Å². The number of hydrogen-bond donors (Lipinski definition) is 0. The lowest BCUT2D eigenvalue weighted by Crippen LogP contribution is -2.64. The van der Waals surface area contributed by atoms with Gasteiger partial charge in [-0.3, -0.25) is 19.2 Å². The Kier molecular flexibility index (Phi) is 10.4. The molecule has 11 nitrogen and oxygen atoms in total. The molecule has 4 unspecified atom stereocenters. The molecule has 0 radical (unpaired) electrons. The Morgan fingerprint density at radius 3 is 2.69 bits per heavy atom. The summed E-state index contributed by atoms with van der Waals surface area (Å²) in [5.41, 5.74) is 0. The smallest absolute Gasteiger partial charge is 0.414 e. The van der Waals surface area contributed by atoms with Crippen molar-refractivity contribution in [2.45, 2.75) is 93.1 Å². The predicted molar refractivity (Wildman–Crippen MR) is 153 cm³/mol. The molecule has 3 aliphatic rings. The Bertz CT molecular complexity index is 1270. The number of rotatable bonds is 14. The third-order valence-electron chi connectivity index (χ3n) is 9.10. The first-order chi connectivity index (χ1) is 20.4. The predicted octanol–water partition coefficient (Wildman–Crippen LogP) is 3.60. The van der Waals surface area contributed by atoms with E-state index in [-0.39, 0.29) is 29.0 Å². The molecule has 0 aliphatic carbocycles. The van der Waals surface area contributed by atoms with Gasteiger partial charge in [0.15, 0.2) is 0 Å². The second kappa shape index (κ2) is 14.2. The molecule has 42 heavy (non-hydrogen) atoms. The number of carbonyl (C=O) groups excluding carboxylic acids is 1. The van der Waals surface area contributed by atoms with Gasteiger partial charge < -0.3 is 14.7 Å². The lowest BCUT2D eigenvalue weighted by Gasteiger charge is -2.57. The van der Waals surface area contributed by atoms with Gasteiger partial charge in [-0.25, -0.2) is 8.42 Å². The molecule has 0 amide bonds. The highest BCUT2D eigenvalue weighted by Gasteiger charge is 2.48. The van der Waals surface area contributed by atoms with Crippen LogP contribution in [0, 0.1) is 17.0 Å². The maximum atomic E-state index is 12.9. The fraction of sp³-hybridized carbons (Fsp3) is 0.700. The maximum Gasteiger partial charge on any atom is 0.414 e. The molecule has 0 bridgehead atoms. The highest BCUT2D eigenvalue weighted by atomic mass is 32.2. The molecule has 232 valence electrons. The lowest BCUT2D eigenvalue weighted by atomic mass is 9.69. The molecule has 0 saturated carbocycles. The number of piperidine rings is 3. The van der Waals surface area contributed by atoms with Crippen LogP contribution in [0.1, 0.15) is 71.1 Å². The molecule has 12 heteroatoms. The van der Waals surface area contributed by atoms with E-state index in [1.165, 1.54) is 70.3 Å². The Hall–Kier alpha value is -2.70. The molecule has 2 aromatic rings. The van der Waals surface area contributed by atoms with Gasteiger partial charge in [0.1, 0.15) is 0 Å². The number of hydrogen-bond acceptors (Lipinski definition) is 10. The number of ether oxygens (including phenoxy) is 2. The largest absolute Gasteiger partial charge is 0.466 e. The maximum absolute atomic E-state index is 12.9. The fourth-order valence-corrected chi connectivity index (χ4v) is 8.57. The molecule has 4 atom stereocenters. The van der Waals surface area contributed by atoms with Crippen LogP contribution < -0.4 is 9.64 Å². The van der Waals surface area contributed by atoms with E-state index in [1.54, 1.807) is 18.2 Å². The van der Waals surface area contributed by atoms with Crippen LogP contribution in [0.5, 0.6) is 5.88 Å². The fourth-order valence-electron chi connectivity index (χ4n) is 7.28. The lowest BCUT2D eigenvalue weighted by molar-refractivity contribution is -0.832. The molecule has 5 rings (SSSR count). The number of sulfone groups is 1. The van der Waals surface area contributed by atoms with Crippen LogP contribution in [-0.4, -0.2) is 80.8 Å². The van der Waals surface area contributed by atoms with Gasteiger partial charge in [0.25, 0.3) is 9.84 Å². The molecular weight excluding hydrogens is 560 g/mol. The zero-order valence-electron chi connectivity index (χ0n) is 24.6. The number of unbranched alkanes of at least 4 members (excludes halogenated alkanes) is 1. The van der Waals surface area contributed by atoms with Crippen molar-refractivity contribution in [1.29, 1.82) is 0 Å². The van der Waals surface area contributed by atoms with Crippen molar-refractivity contribution in [3.63, 3.8) is 0 Å². The van der Waals surface area contributed by atoms with E-state index in [0.717, 1.165) is 25.3 Å². The Morgan fingerprint density at radius 1 is 1.12 bits per heavy atom. The first-order valence-corrected chi connectivity index (χ1v) is 17.0. The Labute approximate surface area is 248 Å². The summed E-state index contributed by atoms with van der Waals surface area (Å²) in [6, 6.07) is 8.77. The number of likely N-dealkylation sites (tertiary alicyclic amines) is 1. The molecule has 1 aromatic heterocycles. The molecule has 3 fully saturated rings. The molecule has 3 aliphatic heterocycles. The van der Waals surface area contributed by atoms with Crippen LogP contribution >= 0.6 is 0 Å². The average Bonchev–Trinajstić information content (AvgIpc) is 3.38. The van der Waals surface area contributed by atoms with Gasteiger partial charge in [-0.1, -0.05) is 31.5 Å². The summed E-state index contributed by atoms with van der Waals surface area (Å²) in [5, 5.41) is 14.8. The Balaban J connectivity index is 1.06. The Morgan fingerprint density at radius 2 is 1.90 bits per heavy atom. The third-order valence-corrected chi connectivity index (χ3v) is 10.8. The highest BCUT2D eigenvalue weighted by Crippen LogP contribution is 2.43. The first-order valence-electron chi connectivity index (χ1n) is 15.6. The van der Waals surface area contributed by atoms with Gasteiger partial charge in [0.2, 0.25) is 0 Å². The van der Waals surface area contributed by atoms with Crippen LogP contribution in [0.15, 0.2) is 44.9 Å². The van der Waals surface area contributed by atoms with Crippen LogP contribution in [0.4, 0.5) is 0 Å². The van der Waals surface area contributed by atoms with E-state index < -0.39 is 20.7 Å². The summed E-state index contributed by atoms with van der Waals surface area (Å²) in [4.78, 5) is 17.8. The van der Waals surface area contributed by atoms with Crippen LogP contribution in [0.25, 0.3) is 0 Å². The second-order valence-electron chi connectivity index (χ2n) is 11.8. The summed E-state index contributed by atoms with van der Waals surface area (Å²) in [5.74, 6) is 0.831. The van der Waals surface area contributed by atoms with Gasteiger partial charge in [-0.15, -0.1) is 0 Å². The van der Waals surface area contributed by atoms with E-state index in [2.05, 4.69) is 26.5 Å². The van der Waals surface area contributed by atoms with Gasteiger partial charge in [-0.2, -0.15) is 0 Å². The topological polar surface area (TPSA) is 129 Å². The molecular formula is C30H44N4O7S. The summed E-state index contributed by atoms with van der Waals surface area (Å²) < 4.78 is 41.1. The normalized spacial score (nSPS) is 24.7. The molecule has 0 N–H and O–H groups in total. The van der Waals surface area contributed by atoms with Gasteiger partial charge in [-0.05, 0) is 93.5 Å². The van der Waals surface area contributed by atoms with Gasteiger partial charge in [0, 0.05) is 31.5 Å². The van der Waals surface area contributed by atoms with E-state index in [4.69, 9.17) is 9.47 Å². The second-order valence-corrected chi connectivity index (χ2v) is 13.7. The summed E-state index contributed by atoms with van der Waals surface area (Å²) in [6.45, 7) is 7.22. The summed E-state index contributed by atoms with van der Waals surface area (Å²) in [6.07, 6.45) is 10.2. The van der Waals surface area contributed by atoms with E-state index in [1.807, 2.05) is 0 Å². The van der Waals surface area contributed by atoms with Gasteiger partial charge in [0.05, 0.1) is 23.3 Å². The number of carbonyl (C=O) groups is 1. The molecule has 3 saturated heterocycles. The van der Waals surface area contributed by atoms with E-state index in [0.29, 0.717) is 30.8 Å². The number of benzene rings is 1. The monoisotopic (exact) mass is 604 g/mol. The SMILES string of the molecule is CCCCN1CC2CCCN3CCCC(C1CCCC(=O)OCCCOc1no[n+]([O-])c1S(=O)(=O)c1ccccc1)C23. The minimum absolute atomic E-state index is 0.00627. The first kappa shape index (κ1) is 30.7. The van der Waals surface area contributed by atoms with Crippen molar-refractivity contribution < 1.29 is 32.2 Å². The van der Waals surface area contributed by atoms with E-state index >= 15 is 0 Å². The third kappa shape index (κ3) is 6.92. The van der Waals surface area contributed by atoms with Crippen molar-refractivity contribution in [2.24, 2.45) is 11.8 Å². The highest BCUT2D eigenvalue weighted by molar-refractivity contribution is 7.91. The quantitative estimate of drug-likeness (QED) is 0.179. The van der Waals surface area contributed by atoms with Crippen molar-refractivity contribution >= 4 is 15.8 Å². The minimum Gasteiger partial charge on any atom is -0.466 e. The summed E-state index contributed by atoms with van der Waals surface area (Å²) in [7, 11) is -4.18. The summed E-state index contributed by atoms with van der Waals surface area (Å²) >= 11 is 0. The van der Waals surface area contributed by atoms with Gasteiger partial charge >= 0.3 is 16.9 Å². The molecule has 4 heterocycles. The number of esters is 1. The van der Waals surface area contributed by atoms with Crippen molar-refractivity contribution in [3.05, 3.63) is 35.5 Å². The zero-order chi connectivity index (χ0) is 29.5. The number of nitrogens with zero attached hydrogens (tertiary/aromatic N) is 4. The van der Waals surface area contributed by atoms with Crippen LogP contribution in [-0.2, 0) is 19.4 Å². The standard InChI is InChI=1S/C30H44N4O7S/c1-2-3-17-33-22-23-11-8-18-32-19-9-14-25(28(23)32)26(33)15-7-16-27(35)39-20-10-21-40-29-30(34(36)41-31-29)42(37,38)24-12-5-4-6-13-24/h4-6,12-13,23,25-26,28H,2-3,7-11,14-22H2,1H3. The van der Waals surface area contributed by atoms with Crippen molar-refractivity contribution in [1.82, 2.24) is 15.0 Å². The zero-order valence-corrected chi connectivity index (χ0v) is 25.4. The average molecular weight is 605 g/mol. The number of aromatic nitrogens is 2. The molecule has 0 spiro atoms. The minimum atomic E-state index is -4.18. The van der Waals surface area contributed by atoms with Crippen molar-refractivity contribution in [2.75, 3.05) is 39.4 Å². The molecule has 1 aromatic carbocycles.